The molecule has 1 amide bonds. The highest BCUT2D eigenvalue weighted by Crippen LogP contribution is 2.16. The van der Waals surface area contributed by atoms with Gasteiger partial charge in [0.1, 0.15) is 0 Å². The first kappa shape index (κ1) is 15.2. The summed E-state index contributed by atoms with van der Waals surface area (Å²) < 4.78 is 1.43. The summed E-state index contributed by atoms with van der Waals surface area (Å²) in [6, 6.07) is 5.87. The van der Waals surface area contributed by atoms with E-state index in [4.69, 9.17) is 0 Å². The Morgan fingerprint density at radius 3 is 2.86 bits per heavy atom. The van der Waals surface area contributed by atoms with Crippen LogP contribution in [-0.2, 0) is 4.79 Å². The van der Waals surface area contributed by atoms with E-state index in [1.54, 1.807) is 6.20 Å². The number of amides is 1. The largest absolute Gasteiger partial charge is 0.356 e. The Bertz CT molecular complexity index is 646. The van der Waals surface area contributed by atoms with Crippen molar-refractivity contribution in [2.75, 3.05) is 6.54 Å². The first-order chi connectivity index (χ1) is 10.1. The van der Waals surface area contributed by atoms with Crippen molar-refractivity contribution in [3.8, 4) is 0 Å². The molecule has 2 rings (SSSR count). The molecule has 1 aromatic heterocycles. The zero-order valence-electron chi connectivity index (χ0n) is 12.6. The van der Waals surface area contributed by atoms with Gasteiger partial charge in [-0.1, -0.05) is 18.6 Å². The van der Waals surface area contributed by atoms with Crippen LogP contribution in [0.4, 0.5) is 0 Å². The first-order valence-electron chi connectivity index (χ1n) is 7.36. The summed E-state index contributed by atoms with van der Waals surface area (Å²) in [6.07, 6.45) is 3.87. The van der Waals surface area contributed by atoms with Crippen molar-refractivity contribution in [1.29, 1.82) is 0 Å². The fraction of sp³-hybridized carbons (Fsp3) is 0.438. The summed E-state index contributed by atoms with van der Waals surface area (Å²) in [4.78, 5) is 23.6. The van der Waals surface area contributed by atoms with Gasteiger partial charge in [-0.05, 0) is 31.9 Å². The smallest absolute Gasteiger partial charge is 0.247 e. The minimum absolute atomic E-state index is 0.00518. The zero-order valence-corrected chi connectivity index (χ0v) is 12.6. The van der Waals surface area contributed by atoms with E-state index in [0.717, 1.165) is 22.9 Å². The summed E-state index contributed by atoms with van der Waals surface area (Å²) in [7, 11) is 0. The molecule has 1 N–H and O–H groups in total. The lowest BCUT2D eigenvalue weighted by molar-refractivity contribution is -0.121. The molecule has 112 valence electrons. The second kappa shape index (κ2) is 7.02. The third kappa shape index (κ3) is 3.90. The number of carbonyl (C=O) groups is 2. The molecule has 1 aromatic carbocycles. The molecule has 0 radical (unpaired) electrons. The normalized spacial score (nSPS) is 10.8. The third-order valence-corrected chi connectivity index (χ3v) is 3.33. The Hall–Kier alpha value is -2.17. The van der Waals surface area contributed by atoms with Gasteiger partial charge in [-0.15, -0.1) is 0 Å². The molecule has 2 aromatic rings. The molecule has 0 spiro atoms. The SMILES string of the molecule is CCCNC(=O)CCCC(=O)n1ncc2cc(C)ccc21. The summed E-state index contributed by atoms with van der Waals surface area (Å²) in [5, 5.41) is 7.92. The molecule has 0 fully saturated rings. The number of hydrogen-bond acceptors (Lipinski definition) is 3. The van der Waals surface area contributed by atoms with Gasteiger partial charge in [0.2, 0.25) is 11.8 Å². The van der Waals surface area contributed by atoms with Gasteiger partial charge in [0, 0.05) is 24.8 Å². The van der Waals surface area contributed by atoms with Crippen LogP contribution in [0.3, 0.4) is 0 Å². The quantitative estimate of drug-likeness (QED) is 0.888. The summed E-state index contributed by atoms with van der Waals surface area (Å²) >= 11 is 0. The van der Waals surface area contributed by atoms with Gasteiger partial charge in [-0.3, -0.25) is 9.59 Å². The van der Waals surface area contributed by atoms with Gasteiger partial charge in [-0.25, -0.2) is 4.68 Å². The van der Waals surface area contributed by atoms with E-state index in [1.807, 2.05) is 32.0 Å². The van der Waals surface area contributed by atoms with Gasteiger partial charge in [0.05, 0.1) is 11.7 Å². The number of nitrogens with one attached hydrogen (secondary N) is 1. The molecular weight excluding hydrogens is 266 g/mol. The maximum absolute atomic E-state index is 12.2. The van der Waals surface area contributed by atoms with Gasteiger partial charge >= 0.3 is 0 Å². The summed E-state index contributed by atoms with van der Waals surface area (Å²) in [6.45, 7) is 4.71. The molecule has 0 aliphatic rings. The number of fused-ring (bicyclic) bond motifs is 1. The Kier molecular flexibility index (Phi) is 5.09. The zero-order chi connectivity index (χ0) is 15.2. The number of hydrogen-bond donors (Lipinski definition) is 1. The predicted molar refractivity (Wildman–Crippen MR) is 82.2 cm³/mol. The molecule has 0 saturated heterocycles. The van der Waals surface area contributed by atoms with Crippen LogP contribution >= 0.6 is 0 Å². The molecule has 5 heteroatoms. The molecule has 0 aliphatic heterocycles. The Labute approximate surface area is 124 Å². The minimum atomic E-state index is -0.0721. The van der Waals surface area contributed by atoms with E-state index in [9.17, 15) is 9.59 Å². The van der Waals surface area contributed by atoms with Crippen molar-refractivity contribution in [3.63, 3.8) is 0 Å². The highest BCUT2D eigenvalue weighted by Gasteiger charge is 2.11. The lowest BCUT2D eigenvalue weighted by Crippen LogP contribution is -2.24. The number of aromatic nitrogens is 2. The molecule has 1 heterocycles. The van der Waals surface area contributed by atoms with Crippen LogP contribution in [0.5, 0.6) is 0 Å². The maximum atomic E-state index is 12.2. The van der Waals surface area contributed by atoms with Gasteiger partial charge < -0.3 is 5.32 Å². The number of nitrogens with zero attached hydrogens (tertiary/aromatic N) is 2. The van der Waals surface area contributed by atoms with Crippen LogP contribution in [0.1, 0.15) is 43.0 Å². The number of aryl methyl sites for hydroxylation is 1. The van der Waals surface area contributed by atoms with Crippen LogP contribution in [0.25, 0.3) is 10.9 Å². The molecule has 0 aliphatic carbocycles. The first-order valence-corrected chi connectivity index (χ1v) is 7.36. The van der Waals surface area contributed by atoms with Crippen LogP contribution in [0.2, 0.25) is 0 Å². The van der Waals surface area contributed by atoms with E-state index in [2.05, 4.69) is 10.4 Å². The monoisotopic (exact) mass is 287 g/mol. The fourth-order valence-corrected chi connectivity index (χ4v) is 2.21. The molecular formula is C16H21N3O2. The molecule has 21 heavy (non-hydrogen) atoms. The van der Waals surface area contributed by atoms with Crippen molar-refractivity contribution in [2.45, 2.75) is 39.5 Å². The Balaban J connectivity index is 1.92. The molecule has 0 atom stereocenters. The number of carbonyl (C=O) groups excluding carboxylic acids is 2. The lowest BCUT2D eigenvalue weighted by Gasteiger charge is -2.04. The highest BCUT2D eigenvalue weighted by molar-refractivity contribution is 5.91. The van der Waals surface area contributed by atoms with Gasteiger partial charge in [0.15, 0.2) is 0 Å². The Morgan fingerprint density at radius 1 is 1.29 bits per heavy atom. The van der Waals surface area contributed by atoms with Crippen molar-refractivity contribution in [2.24, 2.45) is 0 Å². The maximum Gasteiger partial charge on any atom is 0.247 e. The number of benzene rings is 1. The van der Waals surface area contributed by atoms with Crippen LogP contribution in [0, 0.1) is 6.92 Å². The van der Waals surface area contributed by atoms with Crippen LogP contribution in [-0.4, -0.2) is 28.1 Å². The van der Waals surface area contributed by atoms with Crippen molar-refractivity contribution >= 4 is 22.7 Å². The third-order valence-electron chi connectivity index (χ3n) is 3.33. The topological polar surface area (TPSA) is 64.0 Å². The van der Waals surface area contributed by atoms with Crippen molar-refractivity contribution in [1.82, 2.24) is 15.1 Å². The van der Waals surface area contributed by atoms with Gasteiger partial charge in [0.25, 0.3) is 0 Å². The van der Waals surface area contributed by atoms with Crippen molar-refractivity contribution < 1.29 is 9.59 Å². The van der Waals surface area contributed by atoms with E-state index < -0.39 is 0 Å². The van der Waals surface area contributed by atoms with E-state index in [0.29, 0.717) is 25.8 Å². The molecule has 5 nitrogen and oxygen atoms in total. The standard InChI is InChI=1S/C16H21N3O2/c1-3-9-17-15(20)5-4-6-16(21)19-14-8-7-12(2)10-13(14)11-18-19/h7-8,10-11H,3-6,9H2,1-2H3,(H,17,20). The molecule has 0 saturated carbocycles. The molecule has 0 unspecified atom stereocenters. The summed E-state index contributed by atoms with van der Waals surface area (Å²) in [5.41, 5.74) is 1.96. The van der Waals surface area contributed by atoms with Crippen molar-refractivity contribution in [3.05, 3.63) is 30.0 Å². The molecule has 0 bridgehead atoms. The lowest BCUT2D eigenvalue weighted by atomic mass is 10.2. The highest BCUT2D eigenvalue weighted by atomic mass is 16.2. The average Bonchev–Trinajstić information content (AvgIpc) is 2.87. The van der Waals surface area contributed by atoms with Gasteiger partial charge in [-0.2, -0.15) is 5.10 Å². The van der Waals surface area contributed by atoms with E-state index in [1.165, 1.54) is 4.68 Å². The fourth-order valence-electron chi connectivity index (χ4n) is 2.21. The second-order valence-corrected chi connectivity index (χ2v) is 5.22. The minimum Gasteiger partial charge on any atom is -0.356 e. The Morgan fingerprint density at radius 2 is 2.10 bits per heavy atom. The average molecular weight is 287 g/mol. The van der Waals surface area contributed by atoms with E-state index >= 15 is 0 Å². The second-order valence-electron chi connectivity index (χ2n) is 5.22. The number of rotatable bonds is 6. The van der Waals surface area contributed by atoms with Crippen LogP contribution in [0.15, 0.2) is 24.4 Å². The van der Waals surface area contributed by atoms with Crippen LogP contribution < -0.4 is 5.32 Å². The van der Waals surface area contributed by atoms with E-state index in [-0.39, 0.29) is 11.8 Å². The summed E-state index contributed by atoms with van der Waals surface area (Å²) in [5.74, 6) is -0.0669. The predicted octanol–water partition coefficient (Wildman–Crippen LogP) is 2.68.